The van der Waals surface area contributed by atoms with Gasteiger partial charge in [0.05, 0.1) is 6.10 Å². The summed E-state index contributed by atoms with van der Waals surface area (Å²) in [5.41, 5.74) is 4.97. The van der Waals surface area contributed by atoms with Crippen molar-refractivity contribution in [2.45, 2.75) is 112 Å². The van der Waals surface area contributed by atoms with Crippen LogP contribution in [0.4, 0.5) is 0 Å². The molecule has 7 atom stereocenters. The lowest BCUT2D eigenvalue weighted by molar-refractivity contribution is -0.0962. The van der Waals surface area contributed by atoms with Gasteiger partial charge < -0.3 is 10.0 Å². The van der Waals surface area contributed by atoms with E-state index in [0.717, 1.165) is 18.3 Å². The molecule has 4 rings (SSSR count). The molecule has 31 heavy (non-hydrogen) atoms. The van der Waals surface area contributed by atoms with Crippen LogP contribution in [-0.2, 0) is 0 Å². The molecule has 0 saturated heterocycles. The van der Waals surface area contributed by atoms with E-state index in [1.54, 1.807) is 0 Å². The normalized spacial score (nSPS) is 45.3. The maximum atomic E-state index is 10.8. The Morgan fingerprint density at radius 3 is 2.32 bits per heavy atom. The Hall–Kier alpha value is -0.340. The maximum Gasteiger partial charge on any atom is 0.0594 e. The lowest BCUT2D eigenvalue weighted by Crippen LogP contribution is -2.55. The van der Waals surface area contributed by atoms with Gasteiger partial charge in [-0.2, -0.15) is 0 Å². The minimum absolute atomic E-state index is 0.0480. The van der Waals surface area contributed by atoms with E-state index in [1.165, 1.54) is 64.3 Å². The first-order valence-electron chi connectivity index (χ1n) is 13.4. The fraction of sp³-hybridized carbons (Fsp3) is 0.931. The van der Waals surface area contributed by atoms with E-state index >= 15 is 0 Å². The Morgan fingerprint density at radius 2 is 1.65 bits per heavy atom. The van der Waals surface area contributed by atoms with Gasteiger partial charge in [0.25, 0.3) is 0 Å². The van der Waals surface area contributed by atoms with Crippen molar-refractivity contribution >= 4 is 0 Å². The second kappa shape index (κ2) is 7.86. The van der Waals surface area contributed by atoms with Crippen molar-refractivity contribution in [3.05, 3.63) is 11.1 Å². The first-order chi connectivity index (χ1) is 14.4. The van der Waals surface area contributed by atoms with E-state index < -0.39 is 0 Å². The third kappa shape index (κ3) is 3.40. The SMILES string of the molecule is CC(CCCN(C)C)C1CC[C@@]2(C)C3=C(CCC12C)C1(C)CCC(O)C(C)(C)C1CC3. The van der Waals surface area contributed by atoms with Crippen LogP contribution in [0.5, 0.6) is 0 Å². The molecule has 1 N–H and O–H groups in total. The van der Waals surface area contributed by atoms with Crippen LogP contribution < -0.4 is 0 Å². The molecule has 6 unspecified atom stereocenters. The van der Waals surface area contributed by atoms with Gasteiger partial charge in [-0.3, -0.25) is 0 Å². The molecule has 0 aromatic rings. The highest BCUT2D eigenvalue weighted by Gasteiger charge is 2.63. The van der Waals surface area contributed by atoms with Crippen molar-refractivity contribution in [2.75, 3.05) is 20.6 Å². The summed E-state index contributed by atoms with van der Waals surface area (Å²) in [6.45, 7) is 16.4. The number of allylic oxidation sites excluding steroid dienone is 2. The van der Waals surface area contributed by atoms with Crippen LogP contribution >= 0.6 is 0 Å². The first kappa shape index (κ1) is 23.8. The van der Waals surface area contributed by atoms with Gasteiger partial charge in [-0.25, -0.2) is 0 Å². The lowest BCUT2D eigenvalue weighted by Gasteiger charge is -2.62. The van der Waals surface area contributed by atoms with E-state index in [2.05, 4.69) is 60.5 Å². The quantitative estimate of drug-likeness (QED) is 0.472. The molecule has 0 heterocycles. The summed E-state index contributed by atoms with van der Waals surface area (Å²) < 4.78 is 0. The van der Waals surface area contributed by atoms with E-state index in [0.29, 0.717) is 22.2 Å². The first-order valence-corrected chi connectivity index (χ1v) is 13.4. The molecule has 0 aromatic carbocycles. The fourth-order valence-electron chi connectivity index (χ4n) is 9.56. The van der Waals surface area contributed by atoms with Crippen molar-refractivity contribution in [3.63, 3.8) is 0 Å². The van der Waals surface area contributed by atoms with E-state index in [1.807, 2.05) is 11.1 Å². The number of aliphatic hydroxyl groups excluding tert-OH is 1. The summed E-state index contributed by atoms with van der Waals surface area (Å²) in [6.07, 6.45) is 12.9. The largest absolute Gasteiger partial charge is 0.393 e. The second-order valence-electron chi connectivity index (χ2n) is 13.7. The smallest absolute Gasteiger partial charge is 0.0594 e. The van der Waals surface area contributed by atoms with E-state index in [-0.39, 0.29) is 11.5 Å². The highest BCUT2D eigenvalue weighted by atomic mass is 16.3. The number of hydrogen-bond donors (Lipinski definition) is 1. The molecule has 2 fully saturated rings. The summed E-state index contributed by atoms with van der Waals surface area (Å²) >= 11 is 0. The third-order valence-corrected chi connectivity index (χ3v) is 11.7. The van der Waals surface area contributed by atoms with Crippen molar-refractivity contribution in [2.24, 2.45) is 39.4 Å². The van der Waals surface area contributed by atoms with Gasteiger partial charge in [-0.15, -0.1) is 0 Å². The molecular weight excluding hydrogens is 378 g/mol. The van der Waals surface area contributed by atoms with Gasteiger partial charge in [0.2, 0.25) is 0 Å². The molecule has 0 amide bonds. The third-order valence-electron chi connectivity index (χ3n) is 11.7. The molecule has 0 radical (unpaired) electrons. The molecule has 0 spiro atoms. The number of nitrogens with zero attached hydrogens (tertiary/aromatic N) is 1. The molecule has 178 valence electrons. The highest BCUT2D eigenvalue weighted by Crippen LogP contribution is 2.72. The van der Waals surface area contributed by atoms with Crippen LogP contribution in [-0.4, -0.2) is 36.8 Å². The maximum absolute atomic E-state index is 10.8. The predicted molar refractivity (Wildman–Crippen MR) is 132 cm³/mol. The van der Waals surface area contributed by atoms with Crippen LogP contribution in [0.15, 0.2) is 11.1 Å². The topological polar surface area (TPSA) is 23.5 Å². The van der Waals surface area contributed by atoms with Gasteiger partial charge in [0, 0.05) is 0 Å². The summed E-state index contributed by atoms with van der Waals surface area (Å²) in [4.78, 5) is 2.34. The highest BCUT2D eigenvalue weighted by molar-refractivity contribution is 5.38. The average molecular weight is 430 g/mol. The van der Waals surface area contributed by atoms with Crippen molar-refractivity contribution in [3.8, 4) is 0 Å². The molecule has 0 aromatic heterocycles. The van der Waals surface area contributed by atoms with Gasteiger partial charge >= 0.3 is 0 Å². The van der Waals surface area contributed by atoms with Gasteiger partial charge in [0.1, 0.15) is 0 Å². The fourth-order valence-corrected chi connectivity index (χ4v) is 9.56. The monoisotopic (exact) mass is 429 g/mol. The number of rotatable bonds is 5. The molecule has 4 aliphatic rings. The Bertz CT molecular complexity index is 722. The van der Waals surface area contributed by atoms with Gasteiger partial charge in [0.15, 0.2) is 0 Å². The van der Waals surface area contributed by atoms with Crippen LogP contribution in [0.3, 0.4) is 0 Å². The number of hydrogen-bond acceptors (Lipinski definition) is 2. The zero-order valence-electron chi connectivity index (χ0n) is 22.0. The minimum Gasteiger partial charge on any atom is -0.393 e. The van der Waals surface area contributed by atoms with Crippen LogP contribution in [0.2, 0.25) is 0 Å². The summed E-state index contributed by atoms with van der Waals surface area (Å²) in [5.74, 6) is 2.35. The van der Waals surface area contributed by atoms with Crippen LogP contribution in [0.25, 0.3) is 0 Å². The number of aliphatic hydroxyl groups is 1. The van der Waals surface area contributed by atoms with Crippen molar-refractivity contribution in [1.82, 2.24) is 4.90 Å². The van der Waals surface area contributed by atoms with Crippen LogP contribution in [0, 0.1) is 39.4 Å². The molecule has 2 heteroatoms. The van der Waals surface area contributed by atoms with Gasteiger partial charge in [-0.1, -0.05) is 52.7 Å². The van der Waals surface area contributed by atoms with Crippen LogP contribution in [0.1, 0.15) is 106 Å². The van der Waals surface area contributed by atoms with Crippen molar-refractivity contribution in [1.29, 1.82) is 0 Å². The zero-order valence-corrected chi connectivity index (χ0v) is 22.0. The second-order valence-corrected chi connectivity index (χ2v) is 13.7. The Labute approximate surface area is 193 Å². The average Bonchev–Trinajstić information content (AvgIpc) is 2.96. The summed E-state index contributed by atoms with van der Waals surface area (Å²) in [5, 5.41) is 10.8. The molecule has 0 bridgehead atoms. The molecule has 0 aliphatic heterocycles. The molecule has 2 nitrogen and oxygen atoms in total. The predicted octanol–water partition coefficient (Wildman–Crippen LogP) is 7.07. The molecule has 2 saturated carbocycles. The minimum atomic E-state index is -0.129. The zero-order chi connectivity index (χ0) is 22.8. The Balaban J connectivity index is 1.63. The summed E-state index contributed by atoms with van der Waals surface area (Å²) in [6, 6.07) is 0. The lowest BCUT2D eigenvalue weighted by atomic mass is 9.43. The molecule has 4 aliphatic carbocycles. The van der Waals surface area contributed by atoms with Gasteiger partial charge in [-0.05, 0) is 124 Å². The standard InChI is InChI=1S/C29H51NO/c1-20(10-9-19-30(7)8)21-13-17-29(6)23-11-12-24-26(2,3)25(31)15-16-27(24,4)22(23)14-18-28(21,29)5/h20-21,24-25,31H,9-19H2,1-8H3/t20?,21?,24?,25?,27?,28?,29-/m0/s1. The van der Waals surface area contributed by atoms with E-state index in [4.69, 9.17) is 0 Å². The molecular formula is C29H51NO. The van der Waals surface area contributed by atoms with E-state index in [9.17, 15) is 5.11 Å². The summed E-state index contributed by atoms with van der Waals surface area (Å²) in [7, 11) is 4.41. The number of fused-ring (bicyclic) bond motifs is 4. The Kier molecular flexibility index (Phi) is 6.04. The van der Waals surface area contributed by atoms with Crippen molar-refractivity contribution < 1.29 is 5.11 Å². The Morgan fingerprint density at radius 1 is 0.935 bits per heavy atom.